The first-order valence-electron chi connectivity index (χ1n) is 8.80. The summed E-state index contributed by atoms with van der Waals surface area (Å²) in [5.74, 6) is 2.05. The number of carbonyl (C=O) groups excluding carboxylic acids is 1. The molecular formula is C19H18N6O3. The number of hydrogen-bond donors (Lipinski definition) is 1. The molecule has 0 atom stereocenters. The third-order valence-corrected chi connectivity index (χ3v) is 4.25. The molecular weight excluding hydrogens is 360 g/mol. The van der Waals surface area contributed by atoms with Crippen molar-refractivity contribution < 1.29 is 13.7 Å². The molecule has 1 N–H and O–H groups in total. The maximum Gasteiger partial charge on any atom is 0.258 e. The van der Waals surface area contributed by atoms with Gasteiger partial charge in [0.15, 0.2) is 11.6 Å². The highest BCUT2D eigenvalue weighted by molar-refractivity contribution is 5.95. The largest absolute Gasteiger partial charge is 0.467 e. The molecule has 1 amide bonds. The van der Waals surface area contributed by atoms with E-state index in [9.17, 15) is 4.79 Å². The summed E-state index contributed by atoms with van der Waals surface area (Å²) in [5, 5.41) is 11.0. The Morgan fingerprint density at radius 2 is 2.21 bits per heavy atom. The molecule has 4 aromatic heterocycles. The second-order valence-corrected chi connectivity index (χ2v) is 6.09. The smallest absolute Gasteiger partial charge is 0.258 e. The zero-order valence-corrected chi connectivity index (χ0v) is 15.4. The fraction of sp³-hybridized carbons (Fsp3) is 0.211. The summed E-state index contributed by atoms with van der Waals surface area (Å²) in [6, 6.07) is 7.15. The number of pyridine rings is 1. The monoisotopic (exact) mass is 378 g/mol. The van der Waals surface area contributed by atoms with Gasteiger partial charge in [-0.3, -0.25) is 4.79 Å². The second-order valence-electron chi connectivity index (χ2n) is 6.09. The van der Waals surface area contributed by atoms with Crippen molar-refractivity contribution in [2.24, 2.45) is 0 Å². The van der Waals surface area contributed by atoms with Crippen molar-refractivity contribution in [1.29, 1.82) is 0 Å². The molecule has 0 spiro atoms. The van der Waals surface area contributed by atoms with Gasteiger partial charge in [0.25, 0.3) is 11.8 Å². The first kappa shape index (κ1) is 17.7. The highest BCUT2D eigenvalue weighted by Crippen LogP contribution is 2.20. The van der Waals surface area contributed by atoms with Gasteiger partial charge in [-0.05, 0) is 31.2 Å². The van der Waals surface area contributed by atoms with Crippen molar-refractivity contribution in [1.82, 2.24) is 30.2 Å². The SMILES string of the molecule is CCc1noc(-c2ccnc(-n3ncc(C(=O)NCc4ccco4)c3C)c2)n1. The van der Waals surface area contributed by atoms with Crippen LogP contribution in [0.4, 0.5) is 0 Å². The maximum absolute atomic E-state index is 12.5. The summed E-state index contributed by atoms with van der Waals surface area (Å²) in [7, 11) is 0. The lowest BCUT2D eigenvalue weighted by atomic mass is 10.2. The third-order valence-electron chi connectivity index (χ3n) is 4.25. The van der Waals surface area contributed by atoms with Gasteiger partial charge >= 0.3 is 0 Å². The van der Waals surface area contributed by atoms with Crippen LogP contribution < -0.4 is 5.32 Å². The van der Waals surface area contributed by atoms with E-state index >= 15 is 0 Å². The fourth-order valence-corrected chi connectivity index (χ4v) is 2.72. The number of nitrogens with one attached hydrogen (secondary N) is 1. The van der Waals surface area contributed by atoms with Gasteiger partial charge in [-0.2, -0.15) is 10.1 Å². The number of rotatable bonds is 6. The van der Waals surface area contributed by atoms with Crippen LogP contribution in [0.15, 0.2) is 51.9 Å². The predicted octanol–water partition coefficient (Wildman–Crippen LogP) is 2.71. The van der Waals surface area contributed by atoms with Crippen molar-refractivity contribution in [3.63, 3.8) is 0 Å². The van der Waals surface area contributed by atoms with E-state index in [1.807, 2.05) is 13.8 Å². The molecule has 28 heavy (non-hydrogen) atoms. The minimum atomic E-state index is -0.235. The van der Waals surface area contributed by atoms with Crippen LogP contribution in [0.25, 0.3) is 17.3 Å². The Morgan fingerprint density at radius 1 is 1.32 bits per heavy atom. The van der Waals surface area contributed by atoms with Gasteiger partial charge in [-0.15, -0.1) is 0 Å². The van der Waals surface area contributed by atoms with E-state index in [1.54, 1.807) is 41.4 Å². The van der Waals surface area contributed by atoms with Crippen molar-refractivity contribution in [2.75, 3.05) is 0 Å². The average Bonchev–Trinajstić information content (AvgIpc) is 3.47. The Balaban J connectivity index is 1.56. The molecule has 0 fully saturated rings. The van der Waals surface area contributed by atoms with Crippen LogP contribution in [0, 0.1) is 6.92 Å². The van der Waals surface area contributed by atoms with Crippen molar-refractivity contribution in [2.45, 2.75) is 26.8 Å². The van der Waals surface area contributed by atoms with Crippen molar-refractivity contribution in [3.8, 4) is 17.3 Å². The molecule has 0 aliphatic rings. The molecule has 0 unspecified atom stereocenters. The normalized spacial score (nSPS) is 10.9. The summed E-state index contributed by atoms with van der Waals surface area (Å²) in [6.45, 7) is 4.07. The van der Waals surface area contributed by atoms with Gasteiger partial charge in [-0.25, -0.2) is 9.67 Å². The van der Waals surface area contributed by atoms with Gasteiger partial charge in [0, 0.05) is 18.2 Å². The standard InChI is InChI=1S/C19H18N6O3/c1-3-16-23-19(28-24-16)13-6-7-20-17(9-13)25-12(2)15(11-22-25)18(26)21-10-14-5-4-8-27-14/h4-9,11H,3,10H2,1-2H3,(H,21,26). The average molecular weight is 378 g/mol. The molecule has 0 radical (unpaired) electrons. The molecule has 9 heteroatoms. The fourth-order valence-electron chi connectivity index (χ4n) is 2.72. The molecule has 4 aromatic rings. The zero-order valence-electron chi connectivity index (χ0n) is 15.4. The lowest BCUT2D eigenvalue weighted by Crippen LogP contribution is -2.23. The molecule has 4 rings (SSSR count). The van der Waals surface area contributed by atoms with Gasteiger partial charge in [0.2, 0.25) is 0 Å². The Morgan fingerprint density at radius 3 is 2.96 bits per heavy atom. The summed E-state index contributed by atoms with van der Waals surface area (Å²) < 4.78 is 12.1. The Kier molecular flexibility index (Phi) is 4.71. The Labute approximate surface area is 160 Å². The number of hydrogen-bond acceptors (Lipinski definition) is 7. The predicted molar refractivity (Wildman–Crippen MR) is 98.6 cm³/mol. The first-order valence-corrected chi connectivity index (χ1v) is 8.80. The van der Waals surface area contributed by atoms with E-state index in [2.05, 4.69) is 25.5 Å². The third kappa shape index (κ3) is 3.41. The van der Waals surface area contributed by atoms with Crippen LogP contribution in [0.2, 0.25) is 0 Å². The van der Waals surface area contributed by atoms with Gasteiger partial charge < -0.3 is 14.3 Å². The summed E-state index contributed by atoms with van der Waals surface area (Å²) in [4.78, 5) is 21.1. The molecule has 0 saturated carbocycles. The molecule has 142 valence electrons. The van der Waals surface area contributed by atoms with Crippen molar-refractivity contribution in [3.05, 3.63) is 65.8 Å². The van der Waals surface area contributed by atoms with Crippen LogP contribution in [-0.2, 0) is 13.0 Å². The van der Waals surface area contributed by atoms with E-state index in [4.69, 9.17) is 8.94 Å². The quantitative estimate of drug-likeness (QED) is 0.549. The van der Waals surface area contributed by atoms with E-state index < -0.39 is 0 Å². The highest BCUT2D eigenvalue weighted by atomic mass is 16.5. The molecule has 0 aliphatic carbocycles. The molecule has 4 heterocycles. The molecule has 0 aromatic carbocycles. The van der Waals surface area contributed by atoms with E-state index in [-0.39, 0.29) is 5.91 Å². The minimum absolute atomic E-state index is 0.235. The number of furan rings is 1. The van der Waals surface area contributed by atoms with Gasteiger partial charge in [0.05, 0.1) is 30.3 Å². The molecule has 9 nitrogen and oxygen atoms in total. The Hall–Kier alpha value is -3.75. The van der Waals surface area contributed by atoms with Crippen LogP contribution in [-0.4, -0.2) is 30.8 Å². The van der Waals surface area contributed by atoms with E-state index in [0.717, 1.165) is 5.56 Å². The number of aromatic nitrogens is 5. The van der Waals surface area contributed by atoms with Crippen LogP contribution in [0.3, 0.4) is 0 Å². The lowest BCUT2D eigenvalue weighted by molar-refractivity contribution is 0.0947. The van der Waals surface area contributed by atoms with Crippen LogP contribution >= 0.6 is 0 Å². The number of amides is 1. The van der Waals surface area contributed by atoms with E-state index in [0.29, 0.717) is 47.5 Å². The van der Waals surface area contributed by atoms with Crippen LogP contribution in [0.5, 0.6) is 0 Å². The maximum atomic E-state index is 12.5. The zero-order chi connectivity index (χ0) is 19.5. The molecule has 0 aliphatic heterocycles. The van der Waals surface area contributed by atoms with Gasteiger partial charge in [-0.1, -0.05) is 12.1 Å². The number of nitrogens with zero attached hydrogens (tertiary/aromatic N) is 5. The number of aryl methyl sites for hydroxylation is 1. The van der Waals surface area contributed by atoms with Crippen molar-refractivity contribution >= 4 is 5.91 Å². The summed E-state index contributed by atoms with van der Waals surface area (Å²) >= 11 is 0. The lowest BCUT2D eigenvalue weighted by Gasteiger charge is -2.06. The Bertz CT molecular complexity index is 1100. The topological polar surface area (TPSA) is 112 Å². The highest BCUT2D eigenvalue weighted by Gasteiger charge is 2.17. The van der Waals surface area contributed by atoms with E-state index in [1.165, 1.54) is 6.20 Å². The van der Waals surface area contributed by atoms with Crippen LogP contribution in [0.1, 0.15) is 34.6 Å². The van der Waals surface area contributed by atoms with Gasteiger partial charge in [0.1, 0.15) is 5.76 Å². The first-order chi connectivity index (χ1) is 13.7. The minimum Gasteiger partial charge on any atom is -0.467 e. The number of carbonyl (C=O) groups is 1. The summed E-state index contributed by atoms with van der Waals surface area (Å²) in [6.07, 6.45) is 5.41. The molecule has 0 bridgehead atoms. The summed E-state index contributed by atoms with van der Waals surface area (Å²) in [5.41, 5.74) is 1.86. The second kappa shape index (κ2) is 7.47. The molecule has 0 saturated heterocycles.